The van der Waals surface area contributed by atoms with E-state index in [1.54, 1.807) is 4.90 Å². The molecule has 0 saturated carbocycles. The fourth-order valence-corrected chi connectivity index (χ4v) is 3.34. The number of piperidine rings is 1. The maximum absolute atomic E-state index is 12.7. The third-order valence-electron chi connectivity index (χ3n) is 4.76. The lowest BCUT2D eigenvalue weighted by molar-refractivity contribution is -0.141. The quantitative estimate of drug-likeness (QED) is 0.885. The molecule has 0 aromatic heterocycles. The number of benzene rings is 1. The summed E-state index contributed by atoms with van der Waals surface area (Å²) in [5.41, 5.74) is 0.597. The predicted octanol–water partition coefficient (Wildman–Crippen LogP) is 1.10. The summed E-state index contributed by atoms with van der Waals surface area (Å²) in [7, 11) is 0. The molecule has 2 aliphatic heterocycles. The highest BCUT2D eigenvalue weighted by molar-refractivity contribution is 5.96. The summed E-state index contributed by atoms with van der Waals surface area (Å²) in [6.07, 6.45) is 1.58. The Hall–Kier alpha value is -2.41. The molecule has 0 spiro atoms. The number of carboxylic acids is 1. The van der Waals surface area contributed by atoms with Crippen LogP contribution in [0, 0.1) is 5.92 Å². The van der Waals surface area contributed by atoms with Crippen LogP contribution in [0.2, 0.25) is 0 Å². The number of likely N-dealkylation sites (tertiary alicyclic amines) is 1. The Labute approximate surface area is 146 Å². The molecule has 2 fully saturated rings. The normalized spacial score (nSPS) is 21.0. The van der Waals surface area contributed by atoms with E-state index in [4.69, 9.17) is 9.84 Å². The van der Waals surface area contributed by atoms with Crippen LogP contribution in [0.4, 0.5) is 0 Å². The number of aromatic carboxylic acids is 1. The minimum atomic E-state index is -1.02. The van der Waals surface area contributed by atoms with Gasteiger partial charge in [-0.05, 0) is 37.1 Å². The number of carbonyl (C=O) groups excluding carboxylic acids is 2. The van der Waals surface area contributed by atoms with Crippen LogP contribution < -0.4 is 0 Å². The van der Waals surface area contributed by atoms with Crippen molar-refractivity contribution in [3.05, 3.63) is 35.4 Å². The van der Waals surface area contributed by atoms with Gasteiger partial charge >= 0.3 is 5.97 Å². The van der Waals surface area contributed by atoms with Crippen molar-refractivity contribution < 1.29 is 24.2 Å². The monoisotopic (exact) mass is 346 g/mol. The van der Waals surface area contributed by atoms with Gasteiger partial charge in [0.1, 0.15) is 0 Å². The number of nitrogens with zero attached hydrogens (tertiary/aromatic N) is 2. The Kier molecular flexibility index (Phi) is 5.33. The van der Waals surface area contributed by atoms with E-state index in [2.05, 4.69) is 0 Å². The summed E-state index contributed by atoms with van der Waals surface area (Å²) in [5, 5.41) is 8.94. The van der Waals surface area contributed by atoms with E-state index >= 15 is 0 Å². The van der Waals surface area contributed by atoms with Crippen LogP contribution in [-0.2, 0) is 9.53 Å². The molecule has 134 valence electrons. The van der Waals surface area contributed by atoms with E-state index in [1.165, 1.54) is 24.3 Å². The third kappa shape index (κ3) is 3.99. The summed E-state index contributed by atoms with van der Waals surface area (Å²) in [6.45, 7) is 3.38. The molecular formula is C18H22N2O5. The Morgan fingerprint density at radius 3 is 2.24 bits per heavy atom. The standard InChI is InChI=1S/C18H22N2O5/c21-16(13-3-5-14(6-4-13)18(23)24)20-7-1-2-15(12-20)17(22)19-8-10-25-11-9-19/h3-6,15H,1-2,7-12H2,(H,23,24). The van der Waals surface area contributed by atoms with Crippen LogP contribution in [0.5, 0.6) is 0 Å². The van der Waals surface area contributed by atoms with Crippen molar-refractivity contribution in [2.75, 3.05) is 39.4 Å². The average Bonchev–Trinajstić information content (AvgIpc) is 2.67. The van der Waals surface area contributed by atoms with E-state index in [1.807, 2.05) is 4.90 Å². The lowest BCUT2D eigenvalue weighted by atomic mass is 9.95. The lowest BCUT2D eigenvalue weighted by Gasteiger charge is -2.36. The average molecular weight is 346 g/mol. The molecule has 7 nitrogen and oxygen atoms in total. The van der Waals surface area contributed by atoms with Crippen molar-refractivity contribution in [1.29, 1.82) is 0 Å². The second kappa shape index (κ2) is 7.65. The maximum Gasteiger partial charge on any atom is 0.335 e. The van der Waals surface area contributed by atoms with Crippen molar-refractivity contribution in [1.82, 2.24) is 9.80 Å². The SMILES string of the molecule is O=C(O)c1ccc(C(=O)N2CCCC(C(=O)N3CCOCC3)C2)cc1. The molecule has 2 saturated heterocycles. The van der Waals surface area contributed by atoms with Gasteiger partial charge in [-0.25, -0.2) is 4.79 Å². The molecule has 1 aromatic rings. The van der Waals surface area contributed by atoms with Crippen molar-refractivity contribution in [2.24, 2.45) is 5.92 Å². The van der Waals surface area contributed by atoms with Gasteiger partial charge in [-0.1, -0.05) is 0 Å². The summed E-state index contributed by atoms with van der Waals surface area (Å²) in [6, 6.07) is 5.91. The van der Waals surface area contributed by atoms with Crippen molar-refractivity contribution >= 4 is 17.8 Å². The number of hydrogen-bond donors (Lipinski definition) is 1. The maximum atomic E-state index is 12.7. The fourth-order valence-electron chi connectivity index (χ4n) is 3.34. The van der Waals surface area contributed by atoms with Crippen molar-refractivity contribution in [3.8, 4) is 0 Å². The molecule has 7 heteroatoms. The summed E-state index contributed by atoms with van der Waals surface area (Å²) < 4.78 is 5.28. The lowest BCUT2D eigenvalue weighted by Crippen LogP contribution is -2.49. The zero-order valence-corrected chi connectivity index (χ0v) is 14.0. The third-order valence-corrected chi connectivity index (χ3v) is 4.76. The molecule has 1 atom stereocenters. The molecule has 0 aliphatic carbocycles. The van der Waals surface area contributed by atoms with Gasteiger partial charge in [-0.3, -0.25) is 9.59 Å². The highest BCUT2D eigenvalue weighted by Crippen LogP contribution is 2.21. The van der Waals surface area contributed by atoms with Gasteiger partial charge in [-0.15, -0.1) is 0 Å². The van der Waals surface area contributed by atoms with E-state index in [0.29, 0.717) is 45.0 Å². The first-order valence-electron chi connectivity index (χ1n) is 8.55. The summed E-state index contributed by atoms with van der Waals surface area (Å²) in [5.74, 6) is -1.25. The Bertz CT molecular complexity index is 652. The number of amides is 2. The number of hydrogen-bond acceptors (Lipinski definition) is 4. The highest BCUT2D eigenvalue weighted by Gasteiger charge is 2.32. The molecule has 1 aromatic carbocycles. The first kappa shape index (κ1) is 17.4. The molecule has 3 rings (SSSR count). The van der Waals surface area contributed by atoms with Gasteiger partial charge in [0.2, 0.25) is 5.91 Å². The molecule has 25 heavy (non-hydrogen) atoms. The van der Waals surface area contributed by atoms with Crippen LogP contribution in [0.3, 0.4) is 0 Å². The number of ether oxygens (including phenoxy) is 1. The molecule has 1 unspecified atom stereocenters. The summed E-state index contributed by atoms with van der Waals surface area (Å²) in [4.78, 5) is 39.7. The zero-order chi connectivity index (χ0) is 17.8. The Balaban J connectivity index is 1.64. The molecule has 2 aliphatic rings. The molecule has 1 N–H and O–H groups in total. The first-order valence-corrected chi connectivity index (χ1v) is 8.55. The molecule has 0 radical (unpaired) electrons. The van der Waals surface area contributed by atoms with Gasteiger partial charge in [0.05, 0.1) is 24.7 Å². The van der Waals surface area contributed by atoms with Crippen LogP contribution in [0.15, 0.2) is 24.3 Å². The van der Waals surface area contributed by atoms with Gasteiger partial charge in [0, 0.05) is 31.7 Å². The highest BCUT2D eigenvalue weighted by atomic mass is 16.5. The molecular weight excluding hydrogens is 324 g/mol. The Morgan fingerprint density at radius 2 is 1.60 bits per heavy atom. The van der Waals surface area contributed by atoms with Crippen LogP contribution in [0.25, 0.3) is 0 Å². The number of morpholine rings is 1. The van der Waals surface area contributed by atoms with Gasteiger partial charge in [0.25, 0.3) is 5.91 Å². The van der Waals surface area contributed by atoms with E-state index in [-0.39, 0.29) is 23.3 Å². The smallest absolute Gasteiger partial charge is 0.335 e. The van der Waals surface area contributed by atoms with Crippen molar-refractivity contribution in [3.63, 3.8) is 0 Å². The fraction of sp³-hybridized carbons (Fsp3) is 0.500. The van der Waals surface area contributed by atoms with Crippen LogP contribution in [0.1, 0.15) is 33.6 Å². The summed E-state index contributed by atoms with van der Waals surface area (Å²) >= 11 is 0. The molecule has 0 bridgehead atoms. The molecule has 2 heterocycles. The number of carbonyl (C=O) groups is 3. The van der Waals surface area contributed by atoms with Gasteiger partial charge in [0.15, 0.2) is 0 Å². The topological polar surface area (TPSA) is 87.2 Å². The number of rotatable bonds is 3. The molecule has 2 amide bonds. The van der Waals surface area contributed by atoms with E-state index < -0.39 is 5.97 Å². The van der Waals surface area contributed by atoms with Crippen LogP contribution >= 0.6 is 0 Å². The Morgan fingerprint density at radius 1 is 0.960 bits per heavy atom. The van der Waals surface area contributed by atoms with E-state index in [9.17, 15) is 14.4 Å². The van der Waals surface area contributed by atoms with Crippen molar-refractivity contribution in [2.45, 2.75) is 12.8 Å². The van der Waals surface area contributed by atoms with Crippen LogP contribution in [-0.4, -0.2) is 72.1 Å². The van der Waals surface area contributed by atoms with Gasteiger partial charge < -0.3 is 19.6 Å². The largest absolute Gasteiger partial charge is 0.478 e. The first-order chi connectivity index (χ1) is 12.1. The number of carboxylic acid groups (broad SMARTS) is 1. The van der Waals surface area contributed by atoms with E-state index in [0.717, 1.165) is 12.8 Å². The second-order valence-electron chi connectivity index (χ2n) is 6.41. The second-order valence-corrected chi connectivity index (χ2v) is 6.41. The minimum Gasteiger partial charge on any atom is -0.478 e. The predicted molar refractivity (Wildman–Crippen MR) is 89.4 cm³/mol. The zero-order valence-electron chi connectivity index (χ0n) is 14.0. The minimum absolute atomic E-state index is 0.0991. The van der Waals surface area contributed by atoms with Gasteiger partial charge in [-0.2, -0.15) is 0 Å².